The average Bonchev–Trinajstić information content (AvgIpc) is 2.74. The number of aryl methyl sites for hydroxylation is 1. The van der Waals surface area contributed by atoms with Crippen LogP contribution in [0, 0.1) is 6.92 Å². The maximum Gasteiger partial charge on any atom is 0.251 e. The molecule has 0 saturated carbocycles. The van der Waals surface area contributed by atoms with Gasteiger partial charge < -0.3 is 5.32 Å². The summed E-state index contributed by atoms with van der Waals surface area (Å²) >= 11 is 5.16. The normalized spacial score (nSPS) is 12.2. The second-order valence-electron chi connectivity index (χ2n) is 4.60. The zero-order valence-corrected chi connectivity index (χ0v) is 13.3. The van der Waals surface area contributed by atoms with Gasteiger partial charge in [0.2, 0.25) is 0 Å². The van der Waals surface area contributed by atoms with Gasteiger partial charge >= 0.3 is 0 Å². The number of rotatable bonds is 4. The van der Waals surface area contributed by atoms with Crippen LogP contribution in [-0.4, -0.2) is 11.9 Å². The molecule has 0 aliphatic heterocycles. The quantitative estimate of drug-likeness (QED) is 0.890. The highest BCUT2D eigenvalue weighted by Crippen LogP contribution is 2.17. The van der Waals surface area contributed by atoms with Gasteiger partial charge in [0, 0.05) is 32.3 Å². The molecular formula is C15H16BrNOS. The second kappa shape index (κ2) is 6.35. The van der Waals surface area contributed by atoms with E-state index in [1.165, 1.54) is 9.75 Å². The average molecular weight is 338 g/mol. The lowest BCUT2D eigenvalue weighted by atomic mass is 10.1. The van der Waals surface area contributed by atoms with Crippen molar-refractivity contribution in [3.05, 3.63) is 56.2 Å². The van der Waals surface area contributed by atoms with Gasteiger partial charge in [0.25, 0.3) is 5.91 Å². The number of thiophene rings is 1. The van der Waals surface area contributed by atoms with Crippen LogP contribution in [0.5, 0.6) is 0 Å². The van der Waals surface area contributed by atoms with Crippen LogP contribution in [-0.2, 0) is 6.42 Å². The molecule has 2 rings (SSSR count). The highest BCUT2D eigenvalue weighted by molar-refractivity contribution is 9.10. The van der Waals surface area contributed by atoms with E-state index in [4.69, 9.17) is 0 Å². The number of amides is 1. The number of hydrogen-bond acceptors (Lipinski definition) is 2. The summed E-state index contributed by atoms with van der Waals surface area (Å²) in [4.78, 5) is 14.7. The summed E-state index contributed by atoms with van der Waals surface area (Å²) in [5, 5.41) is 3.03. The van der Waals surface area contributed by atoms with Gasteiger partial charge in [-0.05, 0) is 44.2 Å². The zero-order chi connectivity index (χ0) is 13.8. The molecule has 1 aromatic heterocycles. The number of hydrogen-bond donors (Lipinski definition) is 1. The highest BCUT2D eigenvalue weighted by atomic mass is 79.9. The number of nitrogens with one attached hydrogen (secondary N) is 1. The van der Waals surface area contributed by atoms with Gasteiger partial charge in [0.15, 0.2) is 0 Å². The van der Waals surface area contributed by atoms with Crippen molar-refractivity contribution < 1.29 is 4.79 Å². The molecule has 2 aromatic rings. The van der Waals surface area contributed by atoms with Crippen LogP contribution in [0.15, 0.2) is 40.9 Å². The van der Waals surface area contributed by atoms with Crippen molar-refractivity contribution in [2.75, 3.05) is 0 Å². The molecule has 0 fully saturated rings. The molecular weight excluding hydrogens is 322 g/mol. The topological polar surface area (TPSA) is 29.1 Å². The van der Waals surface area contributed by atoms with Crippen LogP contribution in [0.4, 0.5) is 0 Å². The number of halogens is 1. The third-order valence-electron chi connectivity index (χ3n) is 2.77. The van der Waals surface area contributed by atoms with E-state index in [0.717, 1.165) is 10.9 Å². The fourth-order valence-electron chi connectivity index (χ4n) is 1.88. The molecule has 1 amide bonds. The second-order valence-corrected chi connectivity index (χ2v) is 6.89. The standard InChI is InChI=1S/C15H16BrNOS/c1-10(8-14-7-6-11(2)19-14)17-15(18)12-4-3-5-13(16)9-12/h3-7,9-10H,8H2,1-2H3,(H,17,18). The smallest absolute Gasteiger partial charge is 0.251 e. The Hall–Kier alpha value is -1.13. The van der Waals surface area contributed by atoms with Gasteiger partial charge in [0.1, 0.15) is 0 Å². The molecule has 0 aliphatic carbocycles. The molecule has 2 nitrogen and oxygen atoms in total. The maximum absolute atomic E-state index is 12.1. The first-order chi connectivity index (χ1) is 9.04. The molecule has 0 bridgehead atoms. The van der Waals surface area contributed by atoms with Crippen molar-refractivity contribution in [1.82, 2.24) is 5.32 Å². The Bertz CT molecular complexity index is 579. The molecule has 0 saturated heterocycles. The monoisotopic (exact) mass is 337 g/mol. The SMILES string of the molecule is Cc1ccc(CC(C)NC(=O)c2cccc(Br)c2)s1. The van der Waals surface area contributed by atoms with Crippen LogP contribution in [0.25, 0.3) is 0 Å². The summed E-state index contributed by atoms with van der Waals surface area (Å²) in [5.41, 5.74) is 0.684. The number of carbonyl (C=O) groups is 1. The summed E-state index contributed by atoms with van der Waals surface area (Å²) in [6.45, 7) is 4.13. The molecule has 100 valence electrons. The molecule has 1 N–H and O–H groups in total. The number of carbonyl (C=O) groups excluding carboxylic acids is 1. The molecule has 1 atom stereocenters. The van der Waals surface area contributed by atoms with Crippen molar-refractivity contribution in [2.45, 2.75) is 26.3 Å². The summed E-state index contributed by atoms with van der Waals surface area (Å²) < 4.78 is 0.918. The van der Waals surface area contributed by atoms with Crippen LogP contribution < -0.4 is 5.32 Å². The van der Waals surface area contributed by atoms with Gasteiger partial charge in [-0.25, -0.2) is 0 Å². The predicted octanol–water partition coefficient (Wildman–Crippen LogP) is 4.18. The van der Waals surface area contributed by atoms with Crippen molar-refractivity contribution in [3.8, 4) is 0 Å². The minimum absolute atomic E-state index is 0.0259. The lowest BCUT2D eigenvalue weighted by Gasteiger charge is -2.13. The van der Waals surface area contributed by atoms with Gasteiger partial charge in [-0.3, -0.25) is 4.79 Å². The molecule has 0 radical (unpaired) electrons. The van der Waals surface area contributed by atoms with Gasteiger partial charge in [-0.15, -0.1) is 11.3 Å². The summed E-state index contributed by atoms with van der Waals surface area (Å²) in [6, 6.07) is 11.8. The van der Waals surface area contributed by atoms with E-state index >= 15 is 0 Å². The maximum atomic E-state index is 12.1. The first-order valence-electron chi connectivity index (χ1n) is 6.16. The van der Waals surface area contributed by atoms with Crippen molar-refractivity contribution >= 4 is 33.2 Å². The molecule has 19 heavy (non-hydrogen) atoms. The van der Waals surface area contributed by atoms with Crippen molar-refractivity contribution in [2.24, 2.45) is 0 Å². The van der Waals surface area contributed by atoms with E-state index in [1.54, 1.807) is 11.3 Å². The lowest BCUT2D eigenvalue weighted by molar-refractivity contribution is 0.0940. The highest BCUT2D eigenvalue weighted by Gasteiger charge is 2.11. The minimum atomic E-state index is -0.0259. The summed E-state index contributed by atoms with van der Waals surface area (Å²) in [6.07, 6.45) is 0.873. The largest absolute Gasteiger partial charge is 0.349 e. The van der Waals surface area contributed by atoms with E-state index in [1.807, 2.05) is 31.2 Å². The summed E-state index contributed by atoms with van der Waals surface area (Å²) in [5.74, 6) is -0.0259. The van der Waals surface area contributed by atoms with Crippen molar-refractivity contribution in [3.63, 3.8) is 0 Å². The van der Waals surface area contributed by atoms with E-state index in [0.29, 0.717) is 5.56 Å². The van der Waals surface area contributed by atoms with Crippen molar-refractivity contribution in [1.29, 1.82) is 0 Å². The van der Waals surface area contributed by atoms with E-state index in [2.05, 4.69) is 40.3 Å². The van der Waals surface area contributed by atoms with E-state index in [-0.39, 0.29) is 11.9 Å². The Balaban J connectivity index is 1.95. The van der Waals surface area contributed by atoms with Crippen LogP contribution >= 0.6 is 27.3 Å². The van der Waals surface area contributed by atoms with Gasteiger partial charge in [0.05, 0.1) is 0 Å². The molecule has 1 unspecified atom stereocenters. The Labute approximate surface area is 126 Å². The van der Waals surface area contributed by atoms with Crippen LogP contribution in [0.3, 0.4) is 0 Å². The third kappa shape index (κ3) is 4.18. The Morgan fingerprint density at radius 1 is 1.37 bits per heavy atom. The van der Waals surface area contributed by atoms with Crippen LogP contribution in [0.1, 0.15) is 27.0 Å². The molecule has 1 aromatic carbocycles. The molecule has 0 spiro atoms. The third-order valence-corrected chi connectivity index (χ3v) is 4.28. The Kier molecular flexibility index (Phi) is 4.77. The molecule has 4 heteroatoms. The summed E-state index contributed by atoms with van der Waals surface area (Å²) in [7, 11) is 0. The van der Waals surface area contributed by atoms with E-state index in [9.17, 15) is 4.79 Å². The first kappa shape index (κ1) is 14.3. The Morgan fingerprint density at radius 3 is 2.79 bits per heavy atom. The minimum Gasteiger partial charge on any atom is -0.349 e. The molecule has 1 heterocycles. The molecule has 0 aliphatic rings. The predicted molar refractivity (Wildman–Crippen MR) is 83.8 cm³/mol. The van der Waals surface area contributed by atoms with Gasteiger partial charge in [-0.1, -0.05) is 22.0 Å². The van der Waals surface area contributed by atoms with E-state index < -0.39 is 0 Å². The Morgan fingerprint density at radius 2 is 2.16 bits per heavy atom. The lowest BCUT2D eigenvalue weighted by Crippen LogP contribution is -2.33. The number of benzene rings is 1. The fourth-order valence-corrected chi connectivity index (χ4v) is 3.30. The van der Waals surface area contributed by atoms with Gasteiger partial charge in [-0.2, -0.15) is 0 Å². The first-order valence-corrected chi connectivity index (χ1v) is 7.77. The zero-order valence-electron chi connectivity index (χ0n) is 10.9. The fraction of sp³-hybridized carbons (Fsp3) is 0.267. The van der Waals surface area contributed by atoms with Crippen LogP contribution in [0.2, 0.25) is 0 Å².